The molecule has 0 fully saturated rings. The van der Waals surface area contributed by atoms with Crippen LogP contribution in [0.1, 0.15) is 38.5 Å². The number of nitrogens with one attached hydrogen (secondary N) is 1. The van der Waals surface area contributed by atoms with Crippen LogP contribution in [0.15, 0.2) is 0 Å². The summed E-state index contributed by atoms with van der Waals surface area (Å²) in [5.74, 6) is -0.698. The summed E-state index contributed by atoms with van der Waals surface area (Å²) >= 11 is 0. The van der Waals surface area contributed by atoms with Gasteiger partial charge in [0.05, 0.1) is 13.2 Å². The second-order valence-corrected chi connectivity index (χ2v) is 4.27. The van der Waals surface area contributed by atoms with E-state index in [-0.39, 0.29) is 0 Å². The summed E-state index contributed by atoms with van der Waals surface area (Å²) in [7, 11) is 1.67. The number of hydrogen-bond donors (Lipinski definition) is 2. The van der Waals surface area contributed by atoms with Crippen molar-refractivity contribution in [3.8, 4) is 0 Å². The highest BCUT2D eigenvalue weighted by molar-refractivity contribution is 5.66. The minimum atomic E-state index is -0.698. The zero-order valence-corrected chi connectivity index (χ0v) is 11.5. The van der Waals surface area contributed by atoms with Gasteiger partial charge in [-0.1, -0.05) is 6.42 Å². The second-order valence-electron chi connectivity index (χ2n) is 4.27. The molecule has 0 saturated heterocycles. The third kappa shape index (κ3) is 15.4. The molecule has 0 aliphatic rings. The van der Waals surface area contributed by atoms with E-state index < -0.39 is 5.97 Å². The summed E-state index contributed by atoms with van der Waals surface area (Å²) in [5.41, 5.74) is 0. The van der Waals surface area contributed by atoms with Crippen molar-refractivity contribution in [1.29, 1.82) is 0 Å². The highest BCUT2D eigenvalue weighted by Crippen LogP contribution is 1.98. The molecule has 0 aliphatic heterocycles. The molecule has 108 valence electrons. The van der Waals surface area contributed by atoms with Crippen molar-refractivity contribution >= 4 is 5.97 Å². The summed E-state index contributed by atoms with van der Waals surface area (Å²) in [4.78, 5) is 10.3. The molecule has 0 aliphatic carbocycles. The van der Waals surface area contributed by atoms with Crippen molar-refractivity contribution in [3.63, 3.8) is 0 Å². The lowest BCUT2D eigenvalue weighted by Gasteiger charge is -2.05. The first-order valence-electron chi connectivity index (χ1n) is 6.76. The van der Waals surface area contributed by atoms with Crippen molar-refractivity contribution in [1.82, 2.24) is 5.32 Å². The van der Waals surface area contributed by atoms with Gasteiger partial charge < -0.3 is 19.9 Å². The Kier molecular flexibility index (Phi) is 13.9. The van der Waals surface area contributed by atoms with Crippen molar-refractivity contribution in [2.24, 2.45) is 0 Å². The number of ether oxygens (including phenoxy) is 2. The van der Waals surface area contributed by atoms with E-state index in [2.05, 4.69) is 5.32 Å². The third-order valence-corrected chi connectivity index (χ3v) is 2.57. The zero-order valence-electron chi connectivity index (χ0n) is 11.5. The molecule has 0 radical (unpaired) electrons. The standard InChI is InChI=1S/C13H27NO4/c1-17-11-12-18-10-6-5-9-14-8-4-2-3-7-13(15)16/h14H,2-12H2,1H3,(H,15,16). The molecule has 0 spiro atoms. The highest BCUT2D eigenvalue weighted by Gasteiger charge is 1.96. The van der Waals surface area contributed by atoms with Crippen LogP contribution < -0.4 is 5.32 Å². The lowest BCUT2D eigenvalue weighted by Crippen LogP contribution is -2.17. The maximum absolute atomic E-state index is 10.3. The first-order valence-corrected chi connectivity index (χ1v) is 6.76. The molecular formula is C13H27NO4. The second kappa shape index (κ2) is 14.4. The predicted molar refractivity (Wildman–Crippen MR) is 70.9 cm³/mol. The molecule has 0 atom stereocenters. The van der Waals surface area contributed by atoms with Crippen LogP contribution in [0.4, 0.5) is 0 Å². The van der Waals surface area contributed by atoms with Crippen LogP contribution in [0, 0.1) is 0 Å². The Morgan fingerprint density at radius 1 is 1.00 bits per heavy atom. The normalized spacial score (nSPS) is 10.7. The Hall–Kier alpha value is -0.650. The lowest BCUT2D eigenvalue weighted by atomic mass is 10.2. The molecule has 0 aromatic rings. The van der Waals surface area contributed by atoms with Crippen LogP contribution in [-0.2, 0) is 14.3 Å². The van der Waals surface area contributed by atoms with Gasteiger partial charge >= 0.3 is 5.97 Å². The van der Waals surface area contributed by atoms with E-state index in [9.17, 15) is 4.79 Å². The fourth-order valence-corrected chi connectivity index (χ4v) is 1.53. The zero-order chi connectivity index (χ0) is 13.5. The number of carbonyl (C=O) groups is 1. The first kappa shape index (κ1) is 17.4. The van der Waals surface area contributed by atoms with E-state index in [0.29, 0.717) is 19.6 Å². The average Bonchev–Trinajstić information content (AvgIpc) is 2.34. The highest BCUT2D eigenvalue weighted by atomic mass is 16.5. The van der Waals surface area contributed by atoms with Gasteiger partial charge in [0, 0.05) is 20.1 Å². The van der Waals surface area contributed by atoms with Crippen LogP contribution in [-0.4, -0.2) is 51.1 Å². The number of carboxylic acids is 1. The molecule has 0 saturated carbocycles. The smallest absolute Gasteiger partial charge is 0.303 e. The van der Waals surface area contributed by atoms with Gasteiger partial charge in [-0.15, -0.1) is 0 Å². The molecule has 5 heteroatoms. The summed E-state index contributed by atoms with van der Waals surface area (Å²) in [6.07, 6.45) is 5.29. The first-order chi connectivity index (χ1) is 8.77. The van der Waals surface area contributed by atoms with Gasteiger partial charge in [-0.05, 0) is 38.8 Å². The van der Waals surface area contributed by atoms with E-state index in [1.807, 2.05) is 0 Å². The largest absolute Gasteiger partial charge is 0.481 e. The van der Waals surface area contributed by atoms with E-state index in [1.165, 1.54) is 0 Å². The van der Waals surface area contributed by atoms with E-state index >= 15 is 0 Å². The molecule has 0 heterocycles. The Morgan fingerprint density at radius 3 is 2.39 bits per heavy atom. The number of carboxylic acid groups (broad SMARTS) is 1. The topological polar surface area (TPSA) is 67.8 Å². The summed E-state index contributed by atoms with van der Waals surface area (Å²) < 4.78 is 10.2. The number of aliphatic carboxylic acids is 1. The van der Waals surface area contributed by atoms with Crippen LogP contribution in [0.2, 0.25) is 0 Å². The van der Waals surface area contributed by atoms with E-state index in [1.54, 1.807) is 7.11 Å². The van der Waals surface area contributed by atoms with Gasteiger partial charge in [0.15, 0.2) is 0 Å². The average molecular weight is 261 g/mol. The number of unbranched alkanes of at least 4 members (excludes halogenated alkanes) is 3. The molecule has 0 aromatic carbocycles. The van der Waals surface area contributed by atoms with Crippen molar-refractivity contribution in [2.75, 3.05) is 40.0 Å². The molecule has 0 amide bonds. The van der Waals surface area contributed by atoms with E-state index in [4.69, 9.17) is 14.6 Å². The molecule has 0 unspecified atom stereocenters. The molecule has 5 nitrogen and oxygen atoms in total. The van der Waals surface area contributed by atoms with Crippen molar-refractivity contribution in [2.45, 2.75) is 38.5 Å². The van der Waals surface area contributed by atoms with Crippen molar-refractivity contribution < 1.29 is 19.4 Å². The monoisotopic (exact) mass is 261 g/mol. The Morgan fingerprint density at radius 2 is 1.72 bits per heavy atom. The van der Waals surface area contributed by atoms with Gasteiger partial charge in [0.1, 0.15) is 0 Å². The summed E-state index contributed by atoms with van der Waals surface area (Å²) in [6.45, 7) is 4.11. The summed E-state index contributed by atoms with van der Waals surface area (Å²) in [5, 5.41) is 11.8. The van der Waals surface area contributed by atoms with Crippen LogP contribution in [0.25, 0.3) is 0 Å². The van der Waals surface area contributed by atoms with Gasteiger partial charge in [0.25, 0.3) is 0 Å². The summed E-state index contributed by atoms with van der Waals surface area (Å²) in [6, 6.07) is 0. The van der Waals surface area contributed by atoms with Crippen LogP contribution >= 0.6 is 0 Å². The fraction of sp³-hybridized carbons (Fsp3) is 0.923. The Balaban J connectivity index is 2.92. The molecule has 18 heavy (non-hydrogen) atoms. The Labute approximate surface area is 110 Å². The van der Waals surface area contributed by atoms with Gasteiger partial charge in [-0.2, -0.15) is 0 Å². The van der Waals surface area contributed by atoms with Gasteiger partial charge in [-0.25, -0.2) is 0 Å². The predicted octanol–water partition coefficient (Wildman–Crippen LogP) is 1.66. The molecule has 0 bridgehead atoms. The number of methoxy groups -OCH3 is 1. The van der Waals surface area contributed by atoms with Crippen molar-refractivity contribution in [3.05, 3.63) is 0 Å². The molecule has 2 N–H and O–H groups in total. The minimum Gasteiger partial charge on any atom is -0.481 e. The van der Waals surface area contributed by atoms with Gasteiger partial charge in [0.2, 0.25) is 0 Å². The lowest BCUT2D eigenvalue weighted by molar-refractivity contribution is -0.137. The number of hydrogen-bond acceptors (Lipinski definition) is 4. The quantitative estimate of drug-likeness (QED) is 0.465. The molecular weight excluding hydrogens is 234 g/mol. The van der Waals surface area contributed by atoms with Crippen LogP contribution in [0.5, 0.6) is 0 Å². The minimum absolute atomic E-state index is 0.290. The van der Waals surface area contributed by atoms with E-state index in [0.717, 1.165) is 51.8 Å². The maximum Gasteiger partial charge on any atom is 0.303 e. The van der Waals surface area contributed by atoms with Gasteiger partial charge in [-0.3, -0.25) is 4.79 Å². The van der Waals surface area contributed by atoms with Crippen LogP contribution in [0.3, 0.4) is 0 Å². The molecule has 0 rings (SSSR count). The molecule has 0 aromatic heterocycles. The number of rotatable bonds is 14. The maximum atomic E-state index is 10.3. The third-order valence-electron chi connectivity index (χ3n) is 2.57. The fourth-order valence-electron chi connectivity index (χ4n) is 1.53. The Bertz CT molecular complexity index is 188. The SMILES string of the molecule is COCCOCCCCNCCCCCC(=O)O.